The van der Waals surface area contributed by atoms with Gasteiger partial charge in [0.2, 0.25) is 5.91 Å². The summed E-state index contributed by atoms with van der Waals surface area (Å²) in [5, 5.41) is 2.57. The van der Waals surface area contributed by atoms with Crippen LogP contribution in [0.1, 0.15) is 20.3 Å². The molecule has 1 unspecified atom stereocenters. The number of carbonyl (C=O) groups is 1. The van der Waals surface area contributed by atoms with Gasteiger partial charge in [0.1, 0.15) is 5.75 Å². The van der Waals surface area contributed by atoms with Crippen LogP contribution in [-0.2, 0) is 4.79 Å². The van der Waals surface area contributed by atoms with Crippen LogP contribution < -0.4 is 10.1 Å². The van der Waals surface area contributed by atoms with Gasteiger partial charge >= 0.3 is 6.61 Å². The highest BCUT2D eigenvalue weighted by molar-refractivity contribution is 5.93. The molecule has 5 heteroatoms. The second kappa shape index (κ2) is 6.18. The van der Waals surface area contributed by atoms with Gasteiger partial charge in [0.25, 0.3) is 0 Å². The van der Waals surface area contributed by atoms with E-state index >= 15 is 0 Å². The molecule has 1 aromatic carbocycles. The Labute approximate surface area is 98.8 Å². The third-order valence-electron chi connectivity index (χ3n) is 2.42. The molecule has 94 valence electrons. The summed E-state index contributed by atoms with van der Waals surface area (Å²) in [5.74, 6) is -0.411. The SMILES string of the molecule is CCC(C)C(=O)Nc1ccccc1OC(F)F. The molecule has 0 heterocycles. The minimum atomic E-state index is -2.91. The first-order valence-electron chi connectivity index (χ1n) is 5.39. The molecule has 1 atom stereocenters. The Hall–Kier alpha value is -1.65. The van der Waals surface area contributed by atoms with Crippen molar-refractivity contribution >= 4 is 11.6 Å². The summed E-state index contributed by atoms with van der Waals surface area (Å²) in [4.78, 5) is 11.6. The predicted molar refractivity (Wildman–Crippen MR) is 61.2 cm³/mol. The zero-order valence-corrected chi connectivity index (χ0v) is 9.74. The fourth-order valence-electron chi connectivity index (χ4n) is 1.21. The van der Waals surface area contributed by atoms with E-state index in [9.17, 15) is 13.6 Å². The number of nitrogens with one attached hydrogen (secondary N) is 1. The molecule has 1 rings (SSSR count). The standard InChI is InChI=1S/C12H15F2NO2/c1-3-8(2)11(16)15-9-6-4-5-7-10(9)17-12(13)14/h4-8,12H,3H2,1-2H3,(H,15,16). The Balaban J connectivity index is 2.79. The summed E-state index contributed by atoms with van der Waals surface area (Å²) >= 11 is 0. The fourth-order valence-corrected chi connectivity index (χ4v) is 1.21. The predicted octanol–water partition coefficient (Wildman–Crippen LogP) is 3.27. The number of alkyl halides is 2. The molecule has 0 saturated heterocycles. The Bertz CT molecular complexity index is 383. The molecule has 0 aliphatic heterocycles. The summed E-state index contributed by atoms with van der Waals surface area (Å²) in [6, 6.07) is 6.12. The number of rotatable bonds is 5. The van der Waals surface area contributed by atoms with Crippen molar-refractivity contribution in [3.63, 3.8) is 0 Å². The molecule has 3 nitrogen and oxygen atoms in total. The van der Waals surface area contributed by atoms with E-state index in [0.29, 0.717) is 6.42 Å². The van der Waals surface area contributed by atoms with E-state index in [0.717, 1.165) is 0 Å². The van der Waals surface area contributed by atoms with Crippen LogP contribution in [0.5, 0.6) is 5.75 Å². The lowest BCUT2D eigenvalue weighted by molar-refractivity contribution is -0.119. The molecule has 0 aliphatic carbocycles. The maximum atomic E-state index is 12.1. The Morgan fingerprint density at radius 3 is 2.65 bits per heavy atom. The van der Waals surface area contributed by atoms with Gasteiger partial charge < -0.3 is 10.1 Å². The van der Waals surface area contributed by atoms with Gasteiger partial charge in [-0.25, -0.2) is 0 Å². The van der Waals surface area contributed by atoms with Gasteiger partial charge in [0.05, 0.1) is 5.69 Å². The van der Waals surface area contributed by atoms with Gasteiger partial charge in [0.15, 0.2) is 0 Å². The Kier molecular flexibility index (Phi) is 4.87. The van der Waals surface area contributed by atoms with Crippen LogP contribution in [0.15, 0.2) is 24.3 Å². The molecule has 0 aromatic heterocycles. The summed E-state index contributed by atoms with van der Waals surface area (Å²) in [6.45, 7) is 0.745. The molecule has 17 heavy (non-hydrogen) atoms. The molecule has 0 radical (unpaired) electrons. The maximum Gasteiger partial charge on any atom is 0.387 e. The normalized spacial score (nSPS) is 12.3. The third-order valence-corrected chi connectivity index (χ3v) is 2.42. The quantitative estimate of drug-likeness (QED) is 0.861. The first-order chi connectivity index (χ1) is 8.04. The first-order valence-corrected chi connectivity index (χ1v) is 5.39. The number of halogens is 2. The number of amides is 1. The van der Waals surface area contributed by atoms with Crippen LogP contribution in [0.2, 0.25) is 0 Å². The molecule has 0 fully saturated rings. The number of carbonyl (C=O) groups excluding carboxylic acids is 1. The van der Waals surface area contributed by atoms with Gasteiger partial charge in [0, 0.05) is 5.92 Å². The molecular weight excluding hydrogens is 228 g/mol. The lowest BCUT2D eigenvalue weighted by Gasteiger charge is -2.13. The van der Waals surface area contributed by atoms with Crippen molar-refractivity contribution in [2.24, 2.45) is 5.92 Å². The highest BCUT2D eigenvalue weighted by atomic mass is 19.3. The highest BCUT2D eigenvalue weighted by Crippen LogP contribution is 2.26. The summed E-state index contributed by atoms with van der Waals surface area (Å²) in [6.07, 6.45) is 0.684. The smallest absolute Gasteiger partial charge is 0.387 e. The van der Waals surface area contributed by atoms with E-state index in [-0.39, 0.29) is 23.3 Å². The molecule has 1 N–H and O–H groups in total. The van der Waals surface area contributed by atoms with Crippen LogP contribution in [0.4, 0.5) is 14.5 Å². The number of hydrogen-bond donors (Lipinski definition) is 1. The van der Waals surface area contributed by atoms with E-state index in [2.05, 4.69) is 10.1 Å². The summed E-state index contributed by atoms with van der Waals surface area (Å²) in [5.41, 5.74) is 0.262. The minimum Gasteiger partial charge on any atom is -0.433 e. The second-order valence-corrected chi connectivity index (χ2v) is 3.67. The van der Waals surface area contributed by atoms with E-state index in [4.69, 9.17) is 0 Å². The van der Waals surface area contributed by atoms with Crippen molar-refractivity contribution in [3.8, 4) is 5.75 Å². The van der Waals surface area contributed by atoms with Crippen LogP contribution in [0.3, 0.4) is 0 Å². The highest BCUT2D eigenvalue weighted by Gasteiger charge is 2.14. The molecule has 0 spiro atoms. The van der Waals surface area contributed by atoms with Gasteiger partial charge in [-0.2, -0.15) is 8.78 Å². The second-order valence-electron chi connectivity index (χ2n) is 3.67. The Morgan fingerprint density at radius 1 is 1.41 bits per heavy atom. The van der Waals surface area contributed by atoms with Crippen LogP contribution in [-0.4, -0.2) is 12.5 Å². The topological polar surface area (TPSA) is 38.3 Å². The number of hydrogen-bond acceptors (Lipinski definition) is 2. The lowest BCUT2D eigenvalue weighted by atomic mass is 10.1. The largest absolute Gasteiger partial charge is 0.433 e. The zero-order chi connectivity index (χ0) is 12.8. The number of para-hydroxylation sites is 2. The number of benzene rings is 1. The average Bonchev–Trinajstić information content (AvgIpc) is 2.29. The maximum absolute atomic E-state index is 12.1. The Morgan fingerprint density at radius 2 is 2.06 bits per heavy atom. The molecule has 0 saturated carbocycles. The van der Waals surface area contributed by atoms with E-state index < -0.39 is 6.61 Å². The van der Waals surface area contributed by atoms with Crippen molar-refractivity contribution in [1.82, 2.24) is 0 Å². The van der Waals surface area contributed by atoms with E-state index in [1.165, 1.54) is 12.1 Å². The summed E-state index contributed by atoms with van der Waals surface area (Å²) in [7, 11) is 0. The monoisotopic (exact) mass is 243 g/mol. The molecular formula is C12H15F2NO2. The van der Waals surface area contributed by atoms with Gasteiger partial charge in [-0.1, -0.05) is 26.0 Å². The van der Waals surface area contributed by atoms with Gasteiger partial charge in [-0.15, -0.1) is 0 Å². The average molecular weight is 243 g/mol. The van der Waals surface area contributed by atoms with Crippen LogP contribution in [0, 0.1) is 5.92 Å². The molecule has 0 bridgehead atoms. The van der Waals surface area contributed by atoms with Gasteiger partial charge in [-0.05, 0) is 18.6 Å². The van der Waals surface area contributed by atoms with Crippen LogP contribution >= 0.6 is 0 Å². The van der Waals surface area contributed by atoms with Crippen molar-refractivity contribution in [2.45, 2.75) is 26.9 Å². The van der Waals surface area contributed by atoms with E-state index in [1.54, 1.807) is 19.1 Å². The third kappa shape index (κ3) is 4.01. The van der Waals surface area contributed by atoms with Crippen molar-refractivity contribution in [3.05, 3.63) is 24.3 Å². The summed E-state index contributed by atoms with van der Waals surface area (Å²) < 4.78 is 28.6. The zero-order valence-electron chi connectivity index (χ0n) is 9.74. The van der Waals surface area contributed by atoms with Crippen LogP contribution in [0.25, 0.3) is 0 Å². The molecule has 1 amide bonds. The van der Waals surface area contributed by atoms with Crippen molar-refractivity contribution in [1.29, 1.82) is 0 Å². The molecule has 1 aromatic rings. The first kappa shape index (κ1) is 13.4. The molecule has 0 aliphatic rings. The van der Waals surface area contributed by atoms with E-state index in [1.807, 2.05) is 6.92 Å². The van der Waals surface area contributed by atoms with Gasteiger partial charge in [-0.3, -0.25) is 4.79 Å². The minimum absolute atomic E-state index is 0.0286. The van der Waals surface area contributed by atoms with Crippen molar-refractivity contribution < 1.29 is 18.3 Å². The number of ether oxygens (including phenoxy) is 1. The van der Waals surface area contributed by atoms with Crippen molar-refractivity contribution in [2.75, 3.05) is 5.32 Å². The fraction of sp³-hybridized carbons (Fsp3) is 0.417. The number of anilines is 1. The lowest BCUT2D eigenvalue weighted by Crippen LogP contribution is -2.20.